The fraction of sp³-hybridized carbons (Fsp3) is 0.348. The van der Waals surface area contributed by atoms with Crippen LogP contribution in [0, 0.1) is 6.92 Å². The lowest BCUT2D eigenvalue weighted by molar-refractivity contribution is -0.121. The van der Waals surface area contributed by atoms with Gasteiger partial charge < -0.3 is 20.7 Å². The molecule has 0 spiro atoms. The number of ether oxygens (including phenoxy) is 1. The molecule has 3 N–H and O–H groups in total. The minimum atomic E-state index is -0.145. The topological polar surface area (TPSA) is 96.5 Å². The van der Waals surface area contributed by atoms with E-state index in [9.17, 15) is 14.4 Å². The molecule has 1 heterocycles. The first kappa shape index (κ1) is 22.8. The van der Waals surface area contributed by atoms with Gasteiger partial charge in [-0.2, -0.15) is 0 Å². The van der Waals surface area contributed by atoms with Crippen molar-refractivity contribution in [1.29, 1.82) is 0 Å². The molecule has 2 aromatic rings. The van der Waals surface area contributed by atoms with Crippen LogP contribution in [-0.2, 0) is 20.8 Å². The smallest absolute Gasteiger partial charge is 0.226 e. The van der Waals surface area contributed by atoms with Crippen LogP contribution in [0.15, 0.2) is 40.9 Å². The molecule has 1 aliphatic rings. The van der Waals surface area contributed by atoms with Gasteiger partial charge in [0.2, 0.25) is 17.7 Å². The molecule has 0 bridgehead atoms. The highest BCUT2D eigenvalue weighted by Gasteiger charge is 2.15. The van der Waals surface area contributed by atoms with Gasteiger partial charge in [0, 0.05) is 41.7 Å². The van der Waals surface area contributed by atoms with E-state index < -0.39 is 0 Å². The summed E-state index contributed by atoms with van der Waals surface area (Å²) >= 11 is 3.39. The number of fused-ring (bicyclic) bond motifs is 1. The Balaban J connectivity index is 1.30. The molecule has 0 unspecified atom stereocenters. The molecule has 0 fully saturated rings. The maximum Gasteiger partial charge on any atom is 0.226 e. The Morgan fingerprint density at radius 1 is 1.10 bits per heavy atom. The Bertz CT molecular complexity index is 977. The average molecular weight is 488 g/mol. The minimum Gasteiger partial charge on any atom is -0.494 e. The number of hydrogen-bond donors (Lipinski definition) is 3. The molecule has 1 aliphatic heterocycles. The second-order valence-corrected chi connectivity index (χ2v) is 8.34. The first-order valence-corrected chi connectivity index (χ1v) is 11.1. The number of carbonyl (C=O) groups is 3. The van der Waals surface area contributed by atoms with Gasteiger partial charge in [-0.25, -0.2) is 0 Å². The normalized spacial score (nSPS) is 12.5. The highest BCUT2D eigenvalue weighted by Crippen LogP contribution is 2.27. The lowest BCUT2D eigenvalue weighted by atomic mass is 10.0. The third-order valence-electron chi connectivity index (χ3n) is 4.94. The predicted octanol–water partition coefficient (Wildman–Crippen LogP) is 3.95. The van der Waals surface area contributed by atoms with Crippen molar-refractivity contribution in [1.82, 2.24) is 5.32 Å². The molecule has 2 aromatic carbocycles. The molecule has 3 rings (SSSR count). The SMILES string of the molecule is Cc1ccc(Br)cc1NC(=O)CCNC(=O)CCCOc1ccc2c(c1)CCC(=O)N2. The fourth-order valence-corrected chi connectivity index (χ4v) is 3.58. The van der Waals surface area contributed by atoms with Gasteiger partial charge in [0.1, 0.15) is 5.75 Å². The molecule has 0 aromatic heterocycles. The molecule has 8 heteroatoms. The van der Waals surface area contributed by atoms with Crippen molar-refractivity contribution in [2.45, 2.75) is 39.0 Å². The quantitative estimate of drug-likeness (QED) is 0.466. The zero-order valence-electron chi connectivity index (χ0n) is 17.4. The molecule has 3 amide bonds. The van der Waals surface area contributed by atoms with Gasteiger partial charge in [-0.15, -0.1) is 0 Å². The number of amides is 3. The van der Waals surface area contributed by atoms with Gasteiger partial charge in [-0.05, 0) is 61.2 Å². The van der Waals surface area contributed by atoms with E-state index in [0.717, 1.165) is 32.7 Å². The standard InChI is InChI=1S/C23H26BrN3O4/c1-15-4-6-17(24)14-20(15)27-23(30)10-11-25-21(28)3-2-12-31-18-7-8-19-16(13-18)5-9-22(29)26-19/h4,6-8,13-14H,2-3,5,9-12H2,1H3,(H,25,28)(H,26,29)(H,27,30). The number of halogens is 1. The zero-order chi connectivity index (χ0) is 22.2. The second kappa shape index (κ2) is 10.9. The van der Waals surface area contributed by atoms with Gasteiger partial charge in [0.15, 0.2) is 0 Å². The molecule has 0 saturated heterocycles. The van der Waals surface area contributed by atoms with Gasteiger partial charge >= 0.3 is 0 Å². The van der Waals surface area contributed by atoms with Crippen molar-refractivity contribution in [3.05, 3.63) is 52.0 Å². The van der Waals surface area contributed by atoms with Crippen LogP contribution < -0.4 is 20.7 Å². The predicted molar refractivity (Wildman–Crippen MR) is 123 cm³/mol. The Hall–Kier alpha value is -2.87. The molecule has 0 atom stereocenters. The number of carbonyl (C=O) groups excluding carboxylic acids is 3. The monoisotopic (exact) mass is 487 g/mol. The summed E-state index contributed by atoms with van der Waals surface area (Å²) in [5.74, 6) is 0.513. The number of nitrogens with one attached hydrogen (secondary N) is 3. The molecule has 31 heavy (non-hydrogen) atoms. The molecule has 164 valence electrons. The summed E-state index contributed by atoms with van der Waals surface area (Å²) in [6.45, 7) is 2.63. The number of aryl methyl sites for hydroxylation is 2. The number of anilines is 2. The van der Waals surface area contributed by atoms with Crippen molar-refractivity contribution in [3.8, 4) is 5.75 Å². The van der Waals surface area contributed by atoms with Crippen molar-refractivity contribution in [2.75, 3.05) is 23.8 Å². The van der Waals surface area contributed by atoms with Crippen molar-refractivity contribution in [3.63, 3.8) is 0 Å². The summed E-state index contributed by atoms with van der Waals surface area (Å²) in [7, 11) is 0. The Kier molecular flexibility index (Phi) is 8.06. The van der Waals surface area contributed by atoms with E-state index in [1.807, 2.05) is 43.3 Å². The molecule has 0 aliphatic carbocycles. The van der Waals surface area contributed by atoms with Crippen LogP contribution in [0.3, 0.4) is 0 Å². The highest BCUT2D eigenvalue weighted by atomic mass is 79.9. The molecular formula is C23H26BrN3O4. The third-order valence-corrected chi connectivity index (χ3v) is 5.43. The third kappa shape index (κ3) is 7.10. The lowest BCUT2D eigenvalue weighted by Gasteiger charge is -2.17. The summed E-state index contributed by atoms with van der Waals surface area (Å²) < 4.78 is 6.61. The Labute approximate surface area is 190 Å². The number of rotatable bonds is 9. The van der Waals surface area contributed by atoms with Crippen LogP contribution >= 0.6 is 15.9 Å². The van der Waals surface area contributed by atoms with E-state index >= 15 is 0 Å². The molecular weight excluding hydrogens is 462 g/mol. The van der Waals surface area contributed by atoms with Crippen molar-refractivity contribution < 1.29 is 19.1 Å². The maximum atomic E-state index is 12.1. The van der Waals surface area contributed by atoms with E-state index in [-0.39, 0.29) is 30.7 Å². The van der Waals surface area contributed by atoms with Crippen LogP contribution in [0.4, 0.5) is 11.4 Å². The van der Waals surface area contributed by atoms with Gasteiger partial charge in [-0.3, -0.25) is 14.4 Å². The molecule has 0 saturated carbocycles. The highest BCUT2D eigenvalue weighted by molar-refractivity contribution is 9.10. The van der Waals surface area contributed by atoms with Gasteiger partial charge in [0.05, 0.1) is 6.61 Å². The summed E-state index contributed by atoms with van der Waals surface area (Å²) in [5.41, 5.74) is 3.63. The van der Waals surface area contributed by atoms with Gasteiger partial charge in [-0.1, -0.05) is 22.0 Å². The van der Waals surface area contributed by atoms with Crippen molar-refractivity contribution in [2.24, 2.45) is 0 Å². The minimum absolute atomic E-state index is 0.0351. The lowest BCUT2D eigenvalue weighted by Crippen LogP contribution is -2.27. The molecule has 7 nitrogen and oxygen atoms in total. The van der Waals surface area contributed by atoms with E-state index in [0.29, 0.717) is 32.3 Å². The van der Waals surface area contributed by atoms with Crippen LogP contribution in [0.5, 0.6) is 5.75 Å². The Morgan fingerprint density at radius 3 is 2.77 bits per heavy atom. The summed E-state index contributed by atoms with van der Waals surface area (Å²) in [4.78, 5) is 35.4. The summed E-state index contributed by atoms with van der Waals surface area (Å²) in [6.07, 6.45) is 2.29. The zero-order valence-corrected chi connectivity index (χ0v) is 19.0. The maximum absolute atomic E-state index is 12.1. The van der Waals surface area contributed by atoms with E-state index in [1.54, 1.807) is 0 Å². The van der Waals surface area contributed by atoms with Crippen LogP contribution in [0.1, 0.15) is 36.8 Å². The number of hydrogen-bond acceptors (Lipinski definition) is 4. The van der Waals surface area contributed by atoms with Crippen LogP contribution in [0.25, 0.3) is 0 Å². The van der Waals surface area contributed by atoms with E-state index in [4.69, 9.17) is 4.74 Å². The first-order valence-electron chi connectivity index (χ1n) is 10.3. The van der Waals surface area contributed by atoms with E-state index in [1.165, 1.54) is 0 Å². The van der Waals surface area contributed by atoms with Gasteiger partial charge in [0.25, 0.3) is 0 Å². The number of benzene rings is 2. The molecule has 0 radical (unpaired) electrons. The first-order chi connectivity index (χ1) is 14.9. The average Bonchev–Trinajstić information content (AvgIpc) is 2.74. The van der Waals surface area contributed by atoms with Crippen molar-refractivity contribution >= 4 is 45.0 Å². The fourth-order valence-electron chi connectivity index (χ4n) is 3.22. The summed E-state index contributed by atoms with van der Waals surface area (Å²) in [5, 5.41) is 8.46. The second-order valence-electron chi connectivity index (χ2n) is 7.43. The Morgan fingerprint density at radius 2 is 1.94 bits per heavy atom. The van der Waals surface area contributed by atoms with Crippen LogP contribution in [0.2, 0.25) is 0 Å². The largest absolute Gasteiger partial charge is 0.494 e. The van der Waals surface area contributed by atoms with Crippen LogP contribution in [-0.4, -0.2) is 30.9 Å². The van der Waals surface area contributed by atoms with E-state index in [2.05, 4.69) is 31.9 Å². The summed E-state index contributed by atoms with van der Waals surface area (Å²) in [6, 6.07) is 11.3.